The fourth-order valence-corrected chi connectivity index (χ4v) is 1.40. The van der Waals surface area contributed by atoms with Crippen molar-refractivity contribution in [2.75, 3.05) is 5.43 Å². The lowest BCUT2D eigenvalue weighted by atomic mass is 10.2. The highest BCUT2D eigenvalue weighted by atomic mass is 19.1. The number of anilines is 1. The third kappa shape index (κ3) is 2.65. The monoisotopic (exact) mass is 249 g/mol. The van der Waals surface area contributed by atoms with Gasteiger partial charge in [0.2, 0.25) is 0 Å². The van der Waals surface area contributed by atoms with Crippen LogP contribution in [0.25, 0.3) is 0 Å². The van der Waals surface area contributed by atoms with E-state index in [0.29, 0.717) is 5.76 Å². The average molecular weight is 249 g/mol. The number of benzene rings is 1. The minimum Gasteiger partial charge on any atom is -0.361 e. The van der Waals surface area contributed by atoms with Crippen molar-refractivity contribution in [1.29, 1.82) is 0 Å². The number of nitrogens with one attached hydrogen (secondary N) is 2. The summed E-state index contributed by atoms with van der Waals surface area (Å²) in [5.41, 5.74) is 6.06. The van der Waals surface area contributed by atoms with E-state index in [9.17, 15) is 9.18 Å². The van der Waals surface area contributed by atoms with E-state index in [1.807, 2.05) is 6.92 Å². The molecule has 0 aliphatic heterocycles. The van der Waals surface area contributed by atoms with Gasteiger partial charge in [0, 0.05) is 6.07 Å². The van der Waals surface area contributed by atoms with Gasteiger partial charge in [0.25, 0.3) is 5.91 Å². The van der Waals surface area contributed by atoms with Crippen molar-refractivity contribution >= 4 is 11.6 Å². The largest absolute Gasteiger partial charge is 0.361 e. The summed E-state index contributed by atoms with van der Waals surface area (Å²) in [6.45, 7) is 3.50. The van der Waals surface area contributed by atoms with Gasteiger partial charge in [-0.15, -0.1) is 0 Å². The number of carbonyl (C=O) groups is 1. The van der Waals surface area contributed by atoms with Crippen molar-refractivity contribution in [3.05, 3.63) is 47.1 Å². The molecule has 0 saturated heterocycles. The van der Waals surface area contributed by atoms with Crippen LogP contribution < -0.4 is 10.9 Å². The molecule has 1 aromatic heterocycles. The molecule has 0 aliphatic carbocycles. The molecule has 1 amide bonds. The summed E-state index contributed by atoms with van der Waals surface area (Å²) in [5.74, 6) is -0.410. The van der Waals surface area contributed by atoms with Gasteiger partial charge in [-0.05, 0) is 31.5 Å². The van der Waals surface area contributed by atoms with Crippen LogP contribution in [0.5, 0.6) is 0 Å². The molecule has 0 fully saturated rings. The number of carbonyl (C=O) groups excluding carboxylic acids is 1. The van der Waals surface area contributed by atoms with Gasteiger partial charge in [-0.1, -0.05) is 11.2 Å². The van der Waals surface area contributed by atoms with Gasteiger partial charge in [0.1, 0.15) is 11.6 Å². The van der Waals surface area contributed by atoms with E-state index in [4.69, 9.17) is 4.52 Å². The van der Waals surface area contributed by atoms with Gasteiger partial charge in [-0.3, -0.25) is 15.6 Å². The molecule has 0 bridgehead atoms. The van der Waals surface area contributed by atoms with Crippen LogP contribution in [0.4, 0.5) is 10.1 Å². The topological polar surface area (TPSA) is 67.2 Å². The lowest BCUT2D eigenvalue weighted by Crippen LogP contribution is -2.30. The summed E-state index contributed by atoms with van der Waals surface area (Å²) >= 11 is 0. The quantitative estimate of drug-likeness (QED) is 0.818. The molecule has 0 unspecified atom stereocenters. The number of hydrogen-bond acceptors (Lipinski definition) is 4. The Bertz CT molecular complexity index is 580. The second kappa shape index (κ2) is 4.87. The molecule has 2 aromatic rings. The molecular formula is C12H12FN3O2. The Morgan fingerprint density at radius 1 is 1.33 bits per heavy atom. The molecule has 1 aromatic carbocycles. The zero-order valence-electron chi connectivity index (χ0n) is 9.95. The first-order valence-corrected chi connectivity index (χ1v) is 5.32. The molecule has 0 atom stereocenters. The Hall–Kier alpha value is -2.37. The molecular weight excluding hydrogens is 237 g/mol. The molecule has 0 aliphatic rings. The van der Waals surface area contributed by atoms with Crippen LogP contribution in [0, 0.1) is 19.7 Å². The first kappa shape index (κ1) is 12.1. The van der Waals surface area contributed by atoms with E-state index in [1.54, 1.807) is 19.1 Å². The Kier molecular flexibility index (Phi) is 3.27. The number of halogens is 1. The molecule has 2 N–H and O–H groups in total. The Morgan fingerprint density at radius 3 is 2.78 bits per heavy atom. The van der Waals surface area contributed by atoms with E-state index in [0.717, 1.165) is 5.56 Å². The lowest BCUT2D eigenvalue weighted by molar-refractivity contribution is 0.0953. The second-order valence-corrected chi connectivity index (χ2v) is 3.89. The van der Waals surface area contributed by atoms with Gasteiger partial charge < -0.3 is 4.52 Å². The van der Waals surface area contributed by atoms with Crippen molar-refractivity contribution < 1.29 is 13.7 Å². The van der Waals surface area contributed by atoms with Crippen LogP contribution in [0.15, 0.2) is 28.8 Å². The minimum atomic E-state index is -0.493. The van der Waals surface area contributed by atoms with Crippen LogP contribution in [0.1, 0.15) is 21.8 Å². The predicted octanol–water partition coefficient (Wildman–Crippen LogP) is 2.19. The third-order valence-corrected chi connectivity index (χ3v) is 2.29. The van der Waals surface area contributed by atoms with Gasteiger partial charge in [-0.25, -0.2) is 4.39 Å². The molecule has 0 radical (unpaired) electrons. The maximum atomic E-state index is 13.4. The van der Waals surface area contributed by atoms with E-state index < -0.39 is 11.7 Å². The third-order valence-electron chi connectivity index (χ3n) is 2.29. The standard InChI is InChI=1S/C12H12FN3O2/c1-7-3-4-9(13)10(5-7)14-15-12(17)11-6-8(2)18-16-11/h3-6,14H,1-2H3,(H,15,17). The van der Waals surface area contributed by atoms with Crippen molar-refractivity contribution in [2.45, 2.75) is 13.8 Å². The van der Waals surface area contributed by atoms with E-state index in [2.05, 4.69) is 16.0 Å². The number of hydrogen-bond donors (Lipinski definition) is 2. The zero-order chi connectivity index (χ0) is 13.1. The van der Waals surface area contributed by atoms with Crippen LogP contribution in [0.3, 0.4) is 0 Å². The summed E-state index contributed by atoms with van der Waals surface area (Å²) in [4.78, 5) is 11.6. The Labute approximate surface area is 103 Å². The first-order valence-electron chi connectivity index (χ1n) is 5.32. The van der Waals surface area contributed by atoms with Crippen LogP contribution >= 0.6 is 0 Å². The van der Waals surface area contributed by atoms with Gasteiger partial charge >= 0.3 is 0 Å². The SMILES string of the molecule is Cc1ccc(F)c(NNC(=O)c2cc(C)on2)c1. The fourth-order valence-electron chi connectivity index (χ4n) is 1.40. The molecule has 0 spiro atoms. The molecule has 18 heavy (non-hydrogen) atoms. The van der Waals surface area contributed by atoms with E-state index in [1.165, 1.54) is 12.1 Å². The molecule has 5 nitrogen and oxygen atoms in total. The maximum Gasteiger partial charge on any atom is 0.291 e. The van der Waals surface area contributed by atoms with Gasteiger partial charge in [-0.2, -0.15) is 0 Å². The fraction of sp³-hybridized carbons (Fsp3) is 0.167. The molecule has 1 heterocycles. The van der Waals surface area contributed by atoms with Crippen molar-refractivity contribution in [2.24, 2.45) is 0 Å². The van der Waals surface area contributed by atoms with Gasteiger partial charge in [0.05, 0.1) is 5.69 Å². The molecule has 94 valence electrons. The predicted molar refractivity (Wildman–Crippen MR) is 63.5 cm³/mol. The van der Waals surface area contributed by atoms with E-state index >= 15 is 0 Å². The maximum absolute atomic E-state index is 13.4. The molecule has 0 saturated carbocycles. The highest BCUT2D eigenvalue weighted by molar-refractivity contribution is 5.92. The minimum absolute atomic E-state index is 0.132. The summed E-state index contributed by atoms with van der Waals surface area (Å²) in [7, 11) is 0. The Balaban J connectivity index is 2.03. The van der Waals surface area contributed by atoms with Crippen molar-refractivity contribution in [1.82, 2.24) is 10.6 Å². The number of nitrogens with zero attached hydrogens (tertiary/aromatic N) is 1. The van der Waals surface area contributed by atoms with Crippen molar-refractivity contribution in [3.8, 4) is 0 Å². The number of hydrazine groups is 1. The summed E-state index contributed by atoms with van der Waals surface area (Å²) in [5, 5.41) is 3.55. The highest BCUT2D eigenvalue weighted by Gasteiger charge is 2.11. The number of aryl methyl sites for hydroxylation is 2. The normalized spacial score (nSPS) is 10.2. The van der Waals surface area contributed by atoms with Gasteiger partial charge in [0.15, 0.2) is 5.69 Å². The summed E-state index contributed by atoms with van der Waals surface area (Å²) in [6, 6.07) is 6.04. The smallest absolute Gasteiger partial charge is 0.291 e. The summed E-state index contributed by atoms with van der Waals surface area (Å²) < 4.78 is 18.1. The lowest BCUT2D eigenvalue weighted by Gasteiger charge is -2.08. The zero-order valence-corrected chi connectivity index (χ0v) is 9.95. The van der Waals surface area contributed by atoms with Crippen LogP contribution in [-0.2, 0) is 0 Å². The number of amides is 1. The average Bonchev–Trinajstić information content (AvgIpc) is 2.77. The second-order valence-electron chi connectivity index (χ2n) is 3.89. The van der Waals surface area contributed by atoms with Crippen LogP contribution in [0.2, 0.25) is 0 Å². The highest BCUT2D eigenvalue weighted by Crippen LogP contribution is 2.14. The first-order chi connectivity index (χ1) is 8.56. The molecule has 2 rings (SSSR count). The molecule has 6 heteroatoms. The Morgan fingerprint density at radius 2 is 2.11 bits per heavy atom. The van der Waals surface area contributed by atoms with Crippen molar-refractivity contribution in [3.63, 3.8) is 0 Å². The number of rotatable bonds is 3. The van der Waals surface area contributed by atoms with E-state index in [-0.39, 0.29) is 11.4 Å². The number of aromatic nitrogens is 1. The summed E-state index contributed by atoms with van der Waals surface area (Å²) in [6.07, 6.45) is 0. The van der Waals surface area contributed by atoms with Crippen LogP contribution in [-0.4, -0.2) is 11.1 Å².